The molecule has 0 N–H and O–H groups in total. The summed E-state index contributed by atoms with van der Waals surface area (Å²) in [6.07, 6.45) is 0. The number of benzene rings is 1. The number of rotatable bonds is 1. The third-order valence-corrected chi connectivity index (χ3v) is 2.83. The van der Waals surface area contributed by atoms with Crippen molar-refractivity contribution in [2.45, 2.75) is 13.5 Å². The van der Waals surface area contributed by atoms with Gasteiger partial charge in [0.1, 0.15) is 0 Å². The number of hydrogen-bond donors (Lipinski definition) is 0. The number of halogens is 1. The molecule has 0 bridgehead atoms. The Hall–Kier alpha value is -0.830. The summed E-state index contributed by atoms with van der Waals surface area (Å²) in [5.41, 5.74) is 1.98. The number of nitrogens with zero attached hydrogens (tertiary/aromatic N) is 1. The molecule has 1 amide bonds. The van der Waals surface area contributed by atoms with Gasteiger partial charge in [0.25, 0.3) is 5.91 Å². The molecule has 1 heterocycles. The highest BCUT2D eigenvalue weighted by Crippen LogP contribution is 2.25. The van der Waals surface area contributed by atoms with E-state index in [-0.39, 0.29) is 5.91 Å². The quantitative estimate of drug-likeness (QED) is 0.738. The van der Waals surface area contributed by atoms with Crippen LogP contribution in [-0.2, 0) is 6.54 Å². The molecule has 2 rings (SSSR count). The van der Waals surface area contributed by atoms with Gasteiger partial charge in [-0.2, -0.15) is 0 Å². The summed E-state index contributed by atoms with van der Waals surface area (Å²) in [5, 5.41) is 0. The van der Waals surface area contributed by atoms with Gasteiger partial charge in [-0.05, 0) is 24.6 Å². The zero-order chi connectivity index (χ0) is 9.42. The highest BCUT2D eigenvalue weighted by atomic mass is 79.9. The van der Waals surface area contributed by atoms with Crippen LogP contribution >= 0.6 is 15.9 Å². The van der Waals surface area contributed by atoms with E-state index < -0.39 is 0 Å². The number of hydrogen-bond acceptors (Lipinski definition) is 1. The maximum Gasteiger partial charge on any atom is 0.254 e. The monoisotopic (exact) mass is 239 g/mol. The molecule has 1 aliphatic rings. The lowest BCUT2D eigenvalue weighted by atomic mass is 10.1. The van der Waals surface area contributed by atoms with Crippen molar-refractivity contribution in [2.24, 2.45) is 0 Å². The molecule has 1 aromatic rings. The van der Waals surface area contributed by atoms with E-state index in [0.717, 1.165) is 28.7 Å². The lowest BCUT2D eigenvalue weighted by Crippen LogP contribution is -2.22. The van der Waals surface area contributed by atoms with Gasteiger partial charge in [-0.25, -0.2) is 0 Å². The summed E-state index contributed by atoms with van der Waals surface area (Å²) in [5.74, 6) is 0.152. The second-order valence-electron chi connectivity index (χ2n) is 3.12. The van der Waals surface area contributed by atoms with Gasteiger partial charge in [-0.15, -0.1) is 0 Å². The van der Waals surface area contributed by atoms with Gasteiger partial charge >= 0.3 is 0 Å². The average Bonchev–Trinajstić information content (AvgIpc) is 2.44. The average molecular weight is 240 g/mol. The maximum absolute atomic E-state index is 11.7. The van der Waals surface area contributed by atoms with Gasteiger partial charge in [0.05, 0.1) is 0 Å². The zero-order valence-electron chi connectivity index (χ0n) is 7.38. The fourth-order valence-corrected chi connectivity index (χ4v) is 1.95. The van der Waals surface area contributed by atoms with Crippen LogP contribution < -0.4 is 0 Å². The maximum atomic E-state index is 11.7. The zero-order valence-corrected chi connectivity index (χ0v) is 8.97. The first-order valence-corrected chi connectivity index (χ1v) is 5.09. The molecule has 0 aliphatic carbocycles. The molecule has 1 aliphatic heterocycles. The summed E-state index contributed by atoms with van der Waals surface area (Å²) in [6, 6.07) is 5.88. The number of carbonyl (C=O) groups excluding carboxylic acids is 1. The molecule has 0 atom stereocenters. The molecule has 0 radical (unpaired) electrons. The van der Waals surface area contributed by atoms with Crippen LogP contribution in [0.4, 0.5) is 0 Å². The Morgan fingerprint density at radius 2 is 2.31 bits per heavy atom. The molecule has 68 valence electrons. The molecular weight excluding hydrogens is 230 g/mol. The summed E-state index contributed by atoms with van der Waals surface area (Å²) >= 11 is 3.36. The summed E-state index contributed by atoms with van der Waals surface area (Å²) in [4.78, 5) is 13.5. The van der Waals surface area contributed by atoms with Crippen LogP contribution in [0.5, 0.6) is 0 Å². The minimum atomic E-state index is 0.152. The van der Waals surface area contributed by atoms with Crippen LogP contribution in [0.2, 0.25) is 0 Å². The molecule has 0 saturated heterocycles. The molecular formula is C10H10BrNO. The molecule has 1 aromatic carbocycles. The standard InChI is InChI=1S/C10H10BrNO/c1-2-12-6-7-3-4-8(11)5-9(7)10(12)13/h3-5H,2,6H2,1H3. The Morgan fingerprint density at radius 3 is 3.00 bits per heavy atom. The van der Waals surface area contributed by atoms with Crippen molar-refractivity contribution >= 4 is 21.8 Å². The molecule has 2 nitrogen and oxygen atoms in total. The van der Waals surface area contributed by atoms with Crippen molar-refractivity contribution in [1.82, 2.24) is 4.90 Å². The van der Waals surface area contributed by atoms with Crippen LogP contribution in [0, 0.1) is 0 Å². The van der Waals surface area contributed by atoms with Crippen LogP contribution in [0.25, 0.3) is 0 Å². The predicted molar refractivity (Wildman–Crippen MR) is 54.6 cm³/mol. The molecule has 0 aromatic heterocycles. The summed E-state index contributed by atoms with van der Waals surface area (Å²) in [7, 11) is 0. The predicted octanol–water partition coefficient (Wildman–Crippen LogP) is 2.42. The third-order valence-electron chi connectivity index (χ3n) is 2.33. The summed E-state index contributed by atoms with van der Waals surface area (Å²) in [6.45, 7) is 3.54. The molecule has 0 saturated carbocycles. The van der Waals surface area contributed by atoms with E-state index in [1.807, 2.05) is 30.0 Å². The molecule has 0 unspecified atom stereocenters. The fourth-order valence-electron chi connectivity index (χ4n) is 1.59. The van der Waals surface area contributed by atoms with E-state index >= 15 is 0 Å². The summed E-state index contributed by atoms with van der Waals surface area (Å²) < 4.78 is 0.970. The van der Waals surface area contributed by atoms with Gasteiger partial charge in [0.2, 0.25) is 0 Å². The lowest BCUT2D eigenvalue weighted by Gasteiger charge is -2.10. The second-order valence-corrected chi connectivity index (χ2v) is 4.04. The SMILES string of the molecule is CCN1Cc2ccc(Br)cc2C1=O. The van der Waals surface area contributed by atoms with E-state index in [1.54, 1.807) is 0 Å². The first-order chi connectivity index (χ1) is 6.22. The van der Waals surface area contributed by atoms with Crippen LogP contribution in [0.1, 0.15) is 22.8 Å². The van der Waals surface area contributed by atoms with Gasteiger partial charge < -0.3 is 4.90 Å². The second kappa shape index (κ2) is 3.14. The van der Waals surface area contributed by atoms with Gasteiger partial charge in [0, 0.05) is 23.1 Å². The third kappa shape index (κ3) is 1.37. The Balaban J connectivity index is 2.45. The van der Waals surface area contributed by atoms with E-state index in [1.165, 1.54) is 0 Å². The van der Waals surface area contributed by atoms with Crippen molar-refractivity contribution in [1.29, 1.82) is 0 Å². The number of carbonyl (C=O) groups is 1. The van der Waals surface area contributed by atoms with Gasteiger partial charge in [-0.3, -0.25) is 4.79 Å². The van der Waals surface area contributed by atoms with Crippen LogP contribution in [0.15, 0.2) is 22.7 Å². The lowest BCUT2D eigenvalue weighted by molar-refractivity contribution is 0.0787. The van der Waals surface area contributed by atoms with Gasteiger partial charge in [0.15, 0.2) is 0 Å². The topological polar surface area (TPSA) is 20.3 Å². The first kappa shape index (κ1) is 8.75. The fraction of sp³-hybridized carbons (Fsp3) is 0.300. The van der Waals surface area contributed by atoms with Crippen molar-refractivity contribution in [3.05, 3.63) is 33.8 Å². The van der Waals surface area contributed by atoms with Crippen molar-refractivity contribution in [3.63, 3.8) is 0 Å². The van der Waals surface area contributed by atoms with Crippen LogP contribution in [0.3, 0.4) is 0 Å². The Morgan fingerprint density at radius 1 is 1.54 bits per heavy atom. The largest absolute Gasteiger partial charge is 0.335 e. The number of amides is 1. The first-order valence-electron chi connectivity index (χ1n) is 4.30. The van der Waals surface area contributed by atoms with E-state index in [0.29, 0.717) is 0 Å². The van der Waals surface area contributed by atoms with Crippen LogP contribution in [-0.4, -0.2) is 17.4 Å². The molecule has 0 fully saturated rings. The highest BCUT2D eigenvalue weighted by Gasteiger charge is 2.25. The Labute approximate surface area is 85.7 Å². The Bertz CT molecular complexity index is 362. The normalized spacial score (nSPS) is 14.9. The van der Waals surface area contributed by atoms with E-state index in [2.05, 4.69) is 15.9 Å². The molecule has 0 spiro atoms. The minimum Gasteiger partial charge on any atom is -0.335 e. The van der Waals surface area contributed by atoms with Crippen molar-refractivity contribution < 1.29 is 4.79 Å². The van der Waals surface area contributed by atoms with E-state index in [9.17, 15) is 4.79 Å². The minimum absolute atomic E-state index is 0.152. The molecule has 13 heavy (non-hydrogen) atoms. The van der Waals surface area contributed by atoms with Crippen molar-refractivity contribution in [3.8, 4) is 0 Å². The molecule has 3 heteroatoms. The van der Waals surface area contributed by atoms with Gasteiger partial charge in [-0.1, -0.05) is 22.0 Å². The van der Waals surface area contributed by atoms with E-state index in [4.69, 9.17) is 0 Å². The number of fused-ring (bicyclic) bond motifs is 1. The Kier molecular flexibility index (Phi) is 2.12. The van der Waals surface area contributed by atoms with Crippen molar-refractivity contribution in [2.75, 3.05) is 6.54 Å². The smallest absolute Gasteiger partial charge is 0.254 e. The highest BCUT2D eigenvalue weighted by molar-refractivity contribution is 9.10.